The number of aromatic nitrogens is 3. The van der Waals surface area contributed by atoms with Gasteiger partial charge in [-0.25, -0.2) is 15.0 Å². The van der Waals surface area contributed by atoms with Crippen LogP contribution >= 0.6 is 11.3 Å². The Balaban J connectivity index is 1.81. The number of nitrogens with zero attached hydrogens (tertiary/aromatic N) is 3. The fraction of sp³-hybridized carbons (Fsp3) is 0.0556. The van der Waals surface area contributed by atoms with E-state index >= 15 is 0 Å². The molecular weight excluding hydrogens is 320 g/mol. The standard InChI is InChI=1S/C18H14N4OS/c19-15-14-18(24-17(20-14)13-4-2-1-3-5-13)22-16(21-15)12-8-6-11(10-23)7-9-12/h1-9,23H,10H2,(H2,19,21,22). The third-order valence-corrected chi connectivity index (χ3v) is 4.70. The van der Waals surface area contributed by atoms with Gasteiger partial charge in [0.2, 0.25) is 0 Å². The number of rotatable bonds is 3. The molecule has 0 aliphatic heterocycles. The lowest BCUT2D eigenvalue weighted by Crippen LogP contribution is -1.97. The molecule has 2 aromatic carbocycles. The minimum absolute atomic E-state index is 0.0115. The molecule has 0 saturated heterocycles. The zero-order valence-electron chi connectivity index (χ0n) is 12.7. The van der Waals surface area contributed by atoms with Crippen LogP contribution in [-0.2, 0) is 6.61 Å². The molecule has 2 heterocycles. The summed E-state index contributed by atoms with van der Waals surface area (Å²) in [6.07, 6.45) is 0. The number of nitrogens with two attached hydrogens (primary N) is 1. The largest absolute Gasteiger partial charge is 0.392 e. The van der Waals surface area contributed by atoms with Crippen molar-refractivity contribution in [2.75, 3.05) is 5.73 Å². The monoisotopic (exact) mass is 334 g/mol. The quantitative estimate of drug-likeness (QED) is 0.599. The second-order valence-corrected chi connectivity index (χ2v) is 6.30. The first-order valence-electron chi connectivity index (χ1n) is 7.44. The number of fused-ring (bicyclic) bond motifs is 1. The Labute approximate surface area is 142 Å². The molecule has 0 unspecified atom stereocenters. The van der Waals surface area contributed by atoms with Crippen LogP contribution in [0.4, 0.5) is 5.82 Å². The van der Waals surface area contributed by atoms with Gasteiger partial charge in [-0.15, -0.1) is 0 Å². The molecule has 0 aliphatic rings. The zero-order valence-corrected chi connectivity index (χ0v) is 13.5. The van der Waals surface area contributed by atoms with Crippen molar-refractivity contribution < 1.29 is 5.11 Å². The van der Waals surface area contributed by atoms with Crippen molar-refractivity contribution in [3.05, 3.63) is 60.2 Å². The molecule has 4 aromatic rings. The number of thiazole rings is 1. The molecule has 3 N–H and O–H groups in total. The number of aliphatic hydroxyl groups is 1. The Kier molecular flexibility index (Phi) is 3.68. The SMILES string of the molecule is Nc1nc(-c2ccc(CO)cc2)nc2sc(-c3ccccc3)nc12. The molecule has 0 spiro atoms. The highest BCUT2D eigenvalue weighted by molar-refractivity contribution is 7.21. The maximum absolute atomic E-state index is 9.14. The van der Waals surface area contributed by atoms with Gasteiger partial charge in [-0.3, -0.25) is 0 Å². The van der Waals surface area contributed by atoms with Gasteiger partial charge in [-0.05, 0) is 5.56 Å². The molecule has 118 valence electrons. The van der Waals surface area contributed by atoms with Crippen LogP contribution in [0.3, 0.4) is 0 Å². The van der Waals surface area contributed by atoms with Gasteiger partial charge >= 0.3 is 0 Å². The van der Waals surface area contributed by atoms with Crippen LogP contribution in [0.1, 0.15) is 5.56 Å². The minimum Gasteiger partial charge on any atom is -0.392 e. The van der Waals surface area contributed by atoms with Crippen molar-refractivity contribution in [3.63, 3.8) is 0 Å². The predicted molar refractivity (Wildman–Crippen MR) is 96.4 cm³/mol. The van der Waals surface area contributed by atoms with Gasteiger partial charge < -0.3 is 10.8 Å². The van der Waals surface area contributed by atoms with Gasteiger partial charge in [0.1, 0.15) is 15.4 Å². The van der Waals surface area contributed by atoms with E-state index in [-0.39, 0.29) is 6.61 Å². The summed E-state index contributed by atoms with van der Waals surface area (Å²) in [4.78, 5) is 14.3. The van der Waals surface area contributed by atoms with E-state index in [1.54, 1.807) is 0 Å². The third kappa shape index (κ3) is 2.62. The van der Waals surface area contributed by atoms with Crippen LogP contribution < -0.4 is 5.73 Å². The van der Waals surface area contributed by atoms with E-state index in [9.17, 15) is 0 Å². The van der Waals surface area contributed by atoms with Crippen LogP contribution in [0.15, 0.2) is 54.6 Å². The first kappa shape index (κ1) is 14.7. The lowest BCUT2D eigenvalue weighted by Gasteiger charge is -2.03. The molecule has 4 rings (SSSR count). The van der Waals surface area contributed by atoms with Crippen molar-refractivity contribution in [3.8, 4) is 22.0 Å². The molecule has 0 amide bonds. The zero-order chi connectivity index (χ0) is 16.5. The average Bonchev–Trinajstić information content (AvgIpc) is 3.07. The van der Waals surface area contributed by atoms with Crippen LogP contribution in [0.25, 0.3) is 32.3 Å². The topological polar surface area (TPSA) is 84.9 Å². The summed E-state index contributed by atoms with van der Waals surface area (Å²) in [5.74, 6) is 0.937. The van der Waals surface area contributed by atoms with Gasteiger partial charge in [0.25, 0.3) is 0 Å². The molecular formula is C18H14N4OS. The molecule has 6 heteroatoms. The molecule has 0 fully saturated rings. The number of nitrogen functional groups attached to an aromatic ring is 1. The van der Waals surface area contributed by atoms with Crippen LogP contribution in [0.5, 0.6) is 0 Å². The number of aliphatic hydroxyl groups excluding tert-OH is 1. The van der Waals surface area contributed by atoms with E-state index in [1.165, 1.54) is 11.3 Å². The molecule has 24 heavy (non-hydrogen) atoms. The highest BCUT2D eigenvalue weighted by Gasteiger charge is 2.13. The van der Waals surface area contributed by atoms with E-state index in [0.717, 1.165) is 26.5 Å². The number of anilines is 1. The fourth-order valence-electron chi connectivity index (χ4n) is 2.44. The maximum atomic E-state index is 9.14. The first-order chi connectivity index (χ1) is 11.7. The van der Waals surface area contributed by atoms with E-state index in [4.69, 9.17) is 10.8 Å². The Hall–Kier alpha value is -2.83. The molecule has 0 saturated carbocycles. The van der Waals surface area contributed by atoms with Gasteiger partial charge in [-0.2, -0.15) is 0 Å². The molecule has 0 atom stereocenters. The Morgan fingerprint density at radius 3 is 2.33 bits per heavy atom. The minimum atomic E-state index is 0.0115. The van der Waals surface area contributed by atoms with Crippen LogP contribution in [0, 0.1) is 0 Å². The highest BCUT2D eigenvalue weighted by Crippen LogP contribution is 2.32. The second kappa shape index (κ2) is 5.99. The number of hydrogen-bond donors (Lipinski definition) is 2. The smallest absolute Gasteiger partial charge is 0.163 e. The predicted octanol–water partition coefficient (Wildman–Crippen LogP) is 3.49. The van der Waals surface area contributed by atoms with Gasteiger partial charge in [-0.1, -0.05) is 65.9 Å². The average molecular weight is 334 g/mol. The van der Waals surface area contributed by atoms with Gasteiger partial charge in [0, 0.05) is 11.1 Å². The van der Waals surface area contributed by atoms with Crippen molar-refractivity contribution in [2.24, 2.45) is 0 Å². The Morgan fingerprint density at radius 2 is 1.62 bits per heavy atom. The fourth-order valence-corrected chi connectivity index (χ4v) is 3.39. The lowest BCUT2D eigenvalue weighted by molar-refractivity contribution is 0.282. The van der Waals surface area contributed by atoms with Gasteiger partial charge in [0.05, 0.1) is 6.61 Å². The molecule has 5 nitrogen and oxygen atoms in total. The Bertz CT molecular complexity index is 997. The van der Waals surface area contributed by atoms with E-state index in [1.807, 2.05) is 54.6 Å². The van der Waals surface area contributed by atoms with Crippen molar-refractivity contribution in [2.45, 2.75) is 6.61 Å². The molecule has 0 radical (unpaired) electrons. The molecule has 0 bridgehead atoms. The summed E-state index contributed by atoms with van der Waals surface area (Å²) in [7, 11) is 0. The summed E-state index contributed by atoms with van der Waals surface area (Å²) in [6.45, 7) is 0.0115. The van der Waals surface area contributed by atoms with E-state index in [2.05, 4.69) is 15.0 Å². The van der Waals surface area contributed by atoms with E-state index in [0.29, 0.717) is 17.2 Å². The summed E-state index contributed by atoms with van der Waals surface area (Å²) < 4.78 is 0. The normalized spacial score (nSPS) is 11.0. The summed E-state index contributed by atoms with van der Waals surface area (Å²) in [6, 6.07) is 17.4. The molecule has 2 aromatic heterocycles. The number of hydrogen-bond acceptors (Lipinski definition) is 6. The number of benzene rings is 2. The molecule has 0 aliphatic carbocycles. The summed E-state index contributed by atoms with van der Waals surface area (Å²) >= 11 is 1.50. The van der Waals surface area contributed by atoms with Crippen molar-refractivity contribution >= 4 is 27.5 Å². The Morgan fingerprint density at radius 1 is 0.875 bits per heavy atom. The summed E-state index contributed by atoms with van der Waals surface area (Å²) in [5, 5.41) is 10.0. The van der Waals surface area contributed by atoms with Crippen molar-refractivity contribution in [1.29, 1.82) is 0 Å². The third-order valence-electron chi connectivity index (χ3n) is 3.70. The highest BCUT2D eigenvalue weighted by atomic mass is 32.1. The van der Waals surface area contributed by atoms with E-state index < -0.39 is 0 Å². The van der Waals surface area contributed by atoms with Crippen LogP contribution in [-0.4, -0.2) is 20.1 Å². The van der Waals surface area contributed by atoms with Gasteiger partial charge in [0.15, 0.2) is 11.6 Å². The lowest BCUT2D eigenvalue weighted by atomic mass is 10.1. The maximum Gasteiger partial charge on any atom is 0.163 e. The summed E-state index contributed by atoms with van der Waals surface area (Å²) in [5.41, 5.74) is 9.47. The van der Waals surface area contributed by atoms with Crippen molar-refractivity contribution in [1.82, 2.24) is 15.0 Å². The second-order valence-electron chi connectivity index (χ2n) is 5.33. The van der Waals surface area contributed by atoms with Crippen LogP contribution in [0.2, 0.25) is 0 Å². The first-order valence-corrected chi connectivity index (χ1v) is 8.26.